The topological polar surface area (TPSA) is 65.7 Å². The number of hydrogen-bond donors (Lipinski definition) is 2. The summed E-state index contributed by atoms with van der Waals surface area (Å²) < 4.78 is 5.86. The number of likely N-dealkylation sites (tertiary alicyclic amines) is 1. The molecule has 0 spiro atoms. The first-order valence-electron chi connectivity index (χ1n) is 11.0. The van der Waals surface area contributed by atoms with Gasteiger partial charge >= 0.3 is 0 Å². The molecule has 1 aromatic carbocycles. The van der Waals surface area contributed by atoms with Crippen molar-refractivity contribution in [3.05, 3.63) is 53.2 Å². The molecule has 1 fully saturated rings. The minimum Gasteiger partial charge on any atom is -0.443 e. The Bertz CT molecular complexity index is 836. The molecule has 1 saturated heterocycles. The summed E-state index contributed by atoms with van der Waals surface area (Å²) in [7, 11) is 1.78. The third-order valence-electron chi connectivity index (χ3n) is 5.62. The summed E-state index contributed by atoms with van der Waals surface area (Å²) >= 11 is 0. The number of oxazole rings is 1. The van der Waals surface area contributed by atoms with Crippen LogP contribution in [-0.2, 0) is 25.0 Å². The fourth-order valence-corrected chi connectivity index (χ4v) is 3.85. The van der Waals surface area contributed by atoms with Crippen LogP contribution in [0, 0.1) is 5.92 Å². The summed E-state index contributed by atoms with van der Waals surface area (Å²) in [6, 6.07) is 8.69. The standard InChI is InChI=1S/C24H37N5O/c1-18-9-8-12-29(16-18)17-20-11-7-6-10-19(20)13-27-23(25-5)28-15-22-26-14-21(30-22)24(2,3)4/h6-7,10-11,14,18H,8-9,12-13,15-17H2,1-5H3,(H2,25,27,28). The lowest BCUT2D eigenvalue weighted by atomic mass is 9.94. The van der Waals surface area contributed by atoms with E-state index in [1.54, 1.807) is 7.05 Å². The zero-order valence-electron chi connectivity index (χ0n) is 19.2. The molecule has 6 heteroatoms. The summed E-state index contributed by atoms with van der Waals surface area (Å²) in [6.45, 7) is 13.3. The van der Waals surface area contributed by atoms with Crippen molar-refractivity contribution >= 4 is 5.96 Å². The van der Waals surface area contributed by atoms with Crippen molar-refractivity contribution < 1.29 is 4.42 Å². The molecule has 2 aromatic rings. The highest BCUT2D eigenvalue weighted by atomic mass is 16.4. The normalized spacial score (nSPS) is 18.4. The molecule has 3 rings (SSSR count). The molecule has 1 aromatic heterocycles. The van der Waals surface area contributed by atoms with Crippen LogP contribution in [0.1, 0.15) is 63.3 Å². The molecule has 2 N–H and O–H groups in total. The second-order valence-electron chi connectivity index (χ2n) is 9.40. The predicted molar refractivity (Wildman–Crippen MR) is 122 cm³/mol. The van der Waals surface area contributed by atoms with Crippen LogP contribution in [-0.4, -0.2) is 36.0 Å². The van der Waals surface area contributed by atoms with Gasteiger partial charge in [-0.25, -0.2) is 4.98 Å². The summed E-state index contributed by atoms with van der Waals surface area (Å²) in [5.41, 5.74) is 2.66. The second kappa shape index (κ2) is 10.1. The molecule has 0 bridgehead atoms. The van der Waals surface area contributed by atoms with Crippen LogP contribution in [0.15, 0.2) is 39.9 Å². The molecule has 2 heterocycles. The maximum Gasteiger partial charge on any atom is 0.213 e. The Labute approximate surface area is 181 Å². The molecule has 1 aliphatic rings. The van der Waals surface area contributed by atoms with Crippen molar-refractivity contribution in [2.75, 3.05) is 20.1 Å². The largest absolute Gasteiger partial charge is 0.443 e. The van der Waals surface area contributed by atoms with Gasteiger partial charge in [-0.15, -0.1) is 0 Å². The number of nitrogens with zero attached hydrogens (tertiary/aromatic N) is 3. The van der Waals surface area contributed by atoms with E-state index in [2.05, 4.69) is 77.5 Å². The molecule has 1 aliphatic heterocycles. The fraction of sp³-hybridized carbons (Fsp3) is 0.583. The lowest BCUT2D eigenvalue weighted by molar-refractivity contribution is 0.176. The van der Waals surface area contributed by atoms with Crippen LogP contribution >= 0.6 is 0 Å². The average molecular weight is 412 g/mol. The highest BCUT2D eigenvalue weighted by Gasteiger charge is 2.19. The van der Waals surface area contributed by atoms with Crippen LogP contribution < -0.4 is 10.6 Å². The van der Waals surface area contributed by atoms with Crippen molar-refractivity contribution in [1.29, 1.82) is 0 Å². The minimum atomic E-state index is -0.0406. The number of guanidine groups is 1. The van der Waals surface area contributed by atoms with Crippen molar-refractivity contribution in [1.82, 2.24) is 20.5 Å². The number of aliphatic imine (C=N–C) groups is 1. The van der Waals surface area contributed by atoms with E-state index >= 15 is 0 Å². The zero-order valence-corrected chi connectivity index (χ0v) is 19.2. The summed E-state index contributed by atoms with van der Waals surface area (Å²) in [5.74, 6) is 3.10. The number of aromatic nitrogens is 1. The summed E-state index contributed by atoms with van der Waals surface area (Å²) in [6.07, 6.45) is 4.46. The van der Waals surface area contributed by atoms with Crippen molar-refractivity contribution in [2.45, 2.75) is 65.6 Å². The Morgan fingerprint density at radius 3 is 2.60 bits per heavy atom. The lowest BCUT2D eigenvalue weighted by Crippen LogP contribution is -2.37. The van der Waals surface area contributed by atoms with Gasteiger partial charge in [0.2, 0.25) is 5.89 Å². The molecule has 30 heavy (non-hydrogen) atoms. The van der Waals surface area contributed by atoms with Gasteiger partial charge in [-0.05, 0) is 36.4 Å². The molecular formula is C24H37N5O. The first-order valence-corrected chi connectivity index (χ1v) is 11.0. The smallest absolute Gasteiger partial charge is 0.213 e. The van der Waals surface area contributed by atoms with Crippen LogP contribution in [0.25, 0.3) is 0 Å². The van der Waals surface area contributed by atoms with Gasteiger partial charge in [-0.3, -0.25) is 9.89 Å². The molecular weight excluding hydrogens is 374 g/mol. The number of piperidine rings is 1. The Kier molecular flexibility index (Phi) is 7.53. The highest BCUT2D eigenvalue weighted by molar-refractivity contribution is 5.79. The summed E-state index contributed by atoms with van der Waals surface area (Å²) in [5, 5.41) is 6.73. The molecule has 0 radical (unpaired) electrons. The first-order chi connectivity index (χ1) is 14.3. The number of nitrogens with one attached hydrogen (secondary N) is 2. The molecule has 6 nitrogen and oxygen atoms in total. The van der Waals surface area contributed by atoms with Crippen molar-refractivity contribution in [2.24, 2.45) is 10.9 Å². The quantitative estimate of drug-likeness (QED) is 0.554. The third kappa shape index (κ3) is 6.33. The van der Waals surface area contributed by atoms with Gasteiger partial charge in [0.25, 0.3) is 0 Å². The van der Waals surface area contributed by atoms with Gasteiger partial charge in [0.1, 0.15) is 5.76 Å². The minimum absolute atomic E-state index is 0.0406. The Hall–Kier alpha value is -2.34. The van der Waals surface area contributed by atoms with E-state index in [0.29, 0.717) is 12.4 Å². The number of rotatable bonds is 6. The average Bonchev–Trinajstić information content (AvgIpc) is 3.19. The monoisotopic (exact) mass is 411 g/mol. The SMILES string of the molecule is CN=C(NCc1ncc(C(C)(C)C)o1)NCc1ccccc1CN1CCCC(C)C1. The van der Waals surface area contributed by atoms with Gasteiger partial charge in [0, 0.05) is 32.1 Å². The van der Waals surface area contributed by atoms with Gasteiger partial charge in [-0.1, -0.05) is 52.0 Å². The van der Waals surface area contributed by atoms with Crippen molar-refractivity contribution in [3.63, 3.8) is 0 Å². The van der Waals surface area contributed by atoms with Gasteiger partial charge in [0.05, 0.1) is 12.7 Å². The van der Waals surface area contributed by atoms with Crippen LogP contribution in [0.2, 0.25) is 0 Å². The van der Waals surface area contributed by atoms with Gasteiger partial charge < -0.3 is 15.1 Å². The van der Waals surface area contributed by atoms with Crippen LogP contribution in [0.4, 0.5) is 0 Å². The lowest BCUT2D eigenvalue weighted by Gasteiger charge is -2.31. The zero-order chi connectivity index (χ0) is 21.6. The first kappa shape index (κ1) is 22.3. The van der Waals surface area contributed by atoms with E-state index in [1.807, 2.05) is 6.20 Å². The summed E-state index contributed by atoms with van der Waals surface area (Å²) in [4.78, 5) is 11.3. The number of hydrogen-bond acceptors (Lipinski definition) is 4. The molecule has 0 aliphatic carbocycles. The van der Waals surface area contributed by atoms with E-state index in [0.717, 1.165) is 30.7 Å². The Morgan fingerprint density at radius 1 is 1.20 bits per heavy atom. The maximum absolute atomic E-state index is 5.86. The molecule has 1 unspecified atom stereocenters. The van der Waals surface area contributed by atoms with E-state index < -0.39 is 0 Å². The highest BCUT2D eigenvalue weighted by Crippen LogP contribution is 2.22. The van der Waals surface area contributed by atoms with Gasteiger partial charge in [0.15, 0.2) is 5.96 Å². The molecule has 0 amide bonds. The Balaban J connectivity index is 1.54. The van der Waals surface area contributed by atoms with Crippen LogP contribution in [0.3, 0.4) is 0 Å². The molecule has 164 valence electrons. The second-order valence-corrected chi connectivity index (χ2v) is 9.40. The predicted octanol–water partition coefficient (Wildman–Crippen LogP) is 4.07. The van der Waals surface area contributed by atoms with Crippen molar-refractivity contribution in [3.8, 4) is 0 Å². The molecule has 1 atom stereocenters. The molecule has 0 saturated carbocycles. The van der Waals surface area contributed by atoms with Gasteiger partial charge in [-0.2, -0.15) is 0 Å². The van der Waals surface area contributed by atoms with E-state index in [1.165, 1.54) is 37.1 Å². The fourth-order valence-electron chi connectivity index (χ4n) is 3.85. The van der Waals surface area contributed by atoms with Crippen LogP contribution in [0.5, 0.6) is 0 Å². The number of benzene rings is 1. The van der Waals surface area contributed by atoms with E-state index in [-0.39, 0.29) is 5.41 Å². The Morgan fingerprint density at radius 2 is 1.93 bits per heavy atom. The maximum atomic E-state index is 5.86. The van der Waals surface area contributed by atoms with E-state index in [9.17, 15) is 0 Å². The third-order valence-corrected chi connectivity index (χ3v) is 5.62. The van der Waals surface area contributed by atoms with E-state index in [4.69, 9.17) is 4.42 Å².